The fourth-order valence-corrected chi connectivity index (χ4v) is 3.34. The maximum Gasteiger partial charge on any atom is 0.145 e. The Morgan fingerprint density at radius 2 is 2.00 bits per heavy atom. The zero-order valence-electron chi connectivity index (χ0n) is 11.5. The Morgan fingerprint density at radius 1 is 1.24 bits per heavy atom. The molecule has 2 aromatic rings. The van der Waals surface area contributed by atoms with Crippen molar-refractivity contribution in [3.8, 4) is 0 Å². The normalized spacial score (nSPS) is 12.4. The molecule has 21 heavy (non-hydrogen) atoms. The smallest absolute Gasteiger partial charge is 0.145 e. The molecule has 0 heterocycles. The molecular formula is C16H15Br2ClFN. The largest absolute Gasteiger partial charge is 0.310 e. The molecule has 0 aliphatic heterocycles. The van der Waals surface area contributed by atoms with Crippen molar-refractivity contribution < 1.29 is 4.39 Å². The van der Waals surface area contributed by atoms with Crippen LogP contribution in [0.25, 0.3) is 0 Å². The van der Waals surface area contributed by atoms with Gasteiger partial charge in [0.2, 0.25) is 0 Å². The van der Waals surface area contributed by atoms with Gasteiger partial charge in [-0.05, 0) is 48.4 Å². The zero-order valence-corrected chi connectivity index (χ0v) is 15.4. The summed E-state index contributed by atoms with van der Waals surface area (Å²) in [5.41, 5.74) is 1.70. The maximum absolute atomic E-state index is 14.1. The first-order valence-electron chi connectivity index (χ1n) is 6.64. The number of hydrogen-bond donors (Lipinski definition) is 1. The van der Waals surface area contributed by atoms with Crippen molar-refractivity contribution in [1.29, 1.82) is 0 Å². The fourth-order valence-electron chi connectivity index (χ4n) is 2.25. The molecule has 0 amide bonds. The van der Waals surface area contributed by atoms with Crippen LogP contribution in [0.3, 0.4) is 0 Å². The third kappa shape index (κ3) is 4.28. The summed E-state index contributed by atoms with van der Waals surface area (Å²) >= 11 is 12.9. The van der Waals surface area contributed by atoms with Crippen LogP contribution in [0.15, 0.2) is 45.3 Å². The number of hydrogen-bond acceptors (Lipinski definition) is 1. The Balaban J connectivity index is 2.35. The Morgan fingerprint density at radius 3 is 2.71 bits per heavy atom. The van der Waals surface area contributed by atoms with Crippen LogP contribution in [-0.4, -0.2) is 6.54 Å². The average molecular weight is 436 g/mol. The van der Waals surface area contributed by atoms with Crippen LogP contribution in [-0.2, 0) is 6.42 Å². The van der Waals surface area contributed by atoms with E-state index < -0.39 is 0 Å². The second kappa shape index (κ2) is 7.73. The third-order valence-corrected chi connectivity index (χ3v) is 4.75. The molecule has 1 N–H and O–H groups in total. The number of halogens is 4. The quantitative estimate of drug-likeness (QED) is 0.617. The molecule has 0 fully saturated rings. The number of likely N-dealkylation sites (N-methyl/N-ethyl adjacent to an activating group) is 1. The highest BCUT2D eigenvalue weighted by Gasteiger charge is 2.17. The molecule has 0 spiro atoms. The molecule has 0 aliphatic carbocycles. The summed E-state index contributed by atoms with van der Waals surface area (Å²) in [6.07, 6.45) is 0.537. The molecule has 2 aromatic carbocycles. The molecule has 0 aliphatic rings. The summed E-state index contributed by atoms with van der Waals surface area (Å²) in [6.45, 7) is 2.83. The molecule has 0 saturated carbocycles. The highest BCUT2D eigenvalue weighted by Crippen LogP contribution is 2.30. The summed E-state index contributed by atoms with van der Waals surface area (Å²) in [5, 5.41) is 3.56. The van der Waals surface area contributed by atoms with Gasteiger partial charge in [0.05, 0.1) is 5.02 Å². The van der Waals surface area contributed by atoms with E-state index in [-0.39, 0.29) is 16.9 Å². The first-order valence-corrected chi connectivity index (χ1v) is 8.60. The highest BCUT2D eigenvalue weighted by atomic mass is 79.9. The molecule has 112 valence electrons. The Labute approximate surface area is 146 Å². The number of rotatable bonds is 5. The van der Waals surface area contributed by atoms with E-state index in [1.807, 2.05) is 25.1 Å². The third-order valence-electron chi connectivity index (χ3n) is 3.24. The lowest BCUT2D eigenvalue weighted by atomic mass is 9.98. The maximum atomic E-state index is 14.1. The lowest BCUT2D eigenvalue weighted by molar-refractivity contribution is 0.526. The van der Waals surface area contributed by atoms with E-state index in [0.29, 0.717) is 12.0 Å². The Kier molecular flexibility index (Phi) is 6.23. The van der Waals surface area contributed by atoms with E-state index in [0.717, 1.165) is 21.1 Å². The minimum Gasteiger partial charge on any atom is -0.310 e. The SMILES string of the molecule is CCNC(Cc1cccc(Cl)c1F)c1cc(Br)ccc1Br. The van der Waals surface area contributed by atoms with Gasteiger partial charge in [-0.2, -0.15) is 0 Å². The van der Waals surface area contributed by atoms with Crippen LogP contribution < -0.4 is 5.32 Å². The van der Waals surface area contributed by atoms with Gasteiger partial charge in [0.25, 0.3) is 0 Å². The summed E-state index contributed by atoms with van der Waals surface area (Å²) in [6, 6.07) is 11.1. The summed E-state index contributed by atoms with van der Waals surface area (Å²) in [4.78, 5) is 0. The summed E-state index contributed by atoms with van der Waals surface area (Å²) in [5.74, 6) is -0.340. The first kappa shape index (κ1) is 16.9. The number of nitrogens with one attached hydrogen (secondary N) is 1. The van der Waals surface area contributed by atoms with Crippen molar-refractivity contribution in [2.24, 2.45) is 0 Å². The lowest BCUT2D eigenvalue weighted by Crippen LogP contribution is -2.23. The van der Waals surface area contributed by atoms with E-state index in [4.69, 9.17) is 11.6 Å². The molecule has 0 bridgehead atoms. The fraction of sp³-hybridized carbons (Fsp3) is 0.250. The lowest BCUT2D eigenvalue weighted by Gasteiger charge is -2.21. The van der Waals surface area contributed by atoms with Gasteiger partial charge in [0, 0.05) is 15.0 Å². The molecule has 1 nitrogen and oxygen atoms in total. The van der Waals surface area contributed by atoms with Crippen molar-refractivity contribution in [3.05, 3.63) is 67.3 Å². The predicted octanol–water partition coefficient (Wildman–Crippen LogP) is 5.90. The van der Waals surface area contributed by atoms with Crippen molar-refractivity contribution >= 4 is 43.5 Å². The molecular weight excluding hydrogens is 420 g/mol. The minimum atomic E-state index is -0.340. The van der Waals surface area contributed by atoms with Gasteiger partial charge in [-0.1, -0.05) is 62.5 Å². The second-order valence-corrected chi connectivity index (χ2v) is 6.87. The average Bonchev–Trinajstić information content (AvgIpc) is 2.46. The Hall–Kier alpha value is -0.420. The van der Waals surface area contributed by atoms with Crippen LogP contribution in [0.5, 0.6) is 0 Å². The monoisotopic (exact) mass is 433 g/mol. The summed E-state index contributed by atoms with van der Waals surface area (Å²) < 4.78 is 16.1. The van der Waals surface area contributed by atoms with Crippen molar-refractivity contribution in [1.82, 2.24) is 5.32 Å². The molecule has 2 rings (SSSR count). The van der Waals surface area contributed by atoms with E-state index >= 15 is 0 Å². The van der Waals surface area contributed by atoms with Gasteiger partial charge in [0.1, 0.15) is 5.82 Å². The van der Waals surface area contributed by atoms with E-state index in [1.165, 1.54) is 0 Å². The molecule has 1 unspecified atom stereocenters. The van der Waals surface area contributed by atoms with E-state index in [2.05, 4.69) is 37.2 Å². The van der Waals surface area contributed by atoms with Gasteiger partial charge in [-0.15, -0.1) is 0 Å². The van der Waals surface area contributed by atoms with E-state index in [9.17, 15) is 4.39 Å². The zero-order chi connectivity index (χ0) is 15.4. The summed E-state index contributed by atoms with van der Waals surface area (Å²) in [7, 11) is 0. The molecule has 0 aromatic heterocycles. The van der Waals surface area contributed by atoms with Crippen molar-refractivity contribution in [3.63, 3.8) is 0 Å². The standard InChI is InChI=1S/C16H15Br2ClFN/c1-2-21-15(12-9-11(17)6-7-13(12)18)8-10-4-3-5-14(19)16(10)20/h3-7,9,15,21H,2,8H2,1H3. The van der Waals surface area contributed by atoms with Gasteiger partial charge in [-0.3, -0.25) is 0 Å². The van der Waals surface area contributed by atoms with Crippen LogP contribution in [0.2, 0.25) is 5.02 Å². The van der Waals surface area contributed by atoms with Crippen molar-refractivity contribution in [2.75, 3.05) is 6.54 Å². The molecule has 1 atom stereocenters. The first-order chi connectivity index (χ1) is 10.0. The Bertz CT molecular complexity index is 634. The van der Waals surface area contributed by atoms with Gasteiger partial charge in [-0.25, -0.2) is 4.39 Å². The van der Waals surface area contributed by atoms with Crippen LogP contribution >= 0.6 is 43.5 Å². The van der Waals surface area contributed by atoms with E-state index in [1.54, 1.807) is 18.2 Å². The molecule has 5 heteroatoms. The minimum absolute atomic E-state index is 0.00911. The van der Waals surface area contributed by atoms with Crippen LogP contribution in [0.4, 0.5) is 4.39 Å². The van der Waals surface area contributed by atoms with Crippen LogP contribution in [0, 0.1) is 5.82 Å². The highest BCUT2D eigenvalue weighted by molar-refractivity contribution is 9.11. The van der Waals surface area contributed by atoms with Gasteiger partial charge >= 0.3 is 0 Å². The topological polar surface area (TPSA) is 12.0 Å². The number of benzene rings is 2. The predicted molar refractivity (Wildman–Crippen MR) is 93.4 cm³/mol. The molecule has 0 saturated heterocycles. The van der Waals surface area contributed by atoms with Crippen molar-refractivity contribution in [2.45, 2.75) is 19.4 Å². The van der Waals surface area contributed by atoms with Gasteiger partial charge < -0.3 is 5.32 Å². The molecule has 0 radical (unpaired) electrons. The second-order valence-electron chi connectivity index (χ2n) is 4.69. The van der Waals surface area contributed by atoms with Crippen LogP contribution in [0.1, 0.15) is 24.1 Å². The van der Waals surface area contributed by atoms with Gasteiger partial charge in [0.15, 0.2) is 0 Å².